The standard InChI is InChI=1S/C21H26N2O5S/c1-16-11-13-23(14-12-16)29(25,26)18-9-7-17(8-10-18)22-21(24)15-28-20-6-4-3-5-19(20)27-2/h3-10,16H,11-15H2,1-2H3,(H,22,24). The van der Waals surface area contributed by atoms with Crippen LogP contribution in [-0.2, 0) is 14.8 Å². The minimum atomic E-state index is -3.50. The lowest BCUT2D eigenvalue weighted by atomic mass is 10.0. The number of hydrogen-bond donors (Lipinski definition) is 1. The molecule has 0 unspecified atom stereocenters. The lowest BCUT2D eigenvalue weighted by Crippen LogP contribution is -2.37. The Hall–Kier alpha value is -2.58. The van der Waals surface area contributed by atoms with Gasteiger partial charge in [0.1, 0.15) is 0 Å². The molecule has 0 bridgehead atoms. The van der Waals surface area contributed by atoms with Crippen molar-refractivity contribution in [3.63, 3.8) is 0 Å². The zero-order valence-electron chi connectivity index (χ0n) is 16.6. The largest absolute Gasteiger partial charge is 0.493 e. The van der Waals surface area contributed by atoms with Gasteiger partial charge in [0, 0.05) is 18.8 Å². The second-order valence-electron chi connectivity index (χ2n) is 7.10. The highest BCUT2D eigenvalue weighted by Gasteiger charge is 2.27. The van der Waals surface area contributed by atoms with Crippen LogP contribution in [0.4, 0.5) is 5.69 Å². The first-order valence-electron chi connectivity index (χ1n) is 9.56. The molecule has 29 heavy (non-hydrogen) atoms. The Kier molecular flexibility index (Phi) is 6.76. The van der Waals surface area contributed by atoms with Crippen LogP contribution < -0.4 is 14.8 Å². The van der Waals surface area contributed by atoms with Crippen molar-refractivity contribution < 1.29 is 22.7 Å². The maximum absolute atomic E-state index is 12.8. The molecule has 0 atom stereocenters. The van der Waals surface area contributed by atoms with Gasteiger partial charge in [-0.1, -0.05) is 19.1 Å². The van der Waals surface area contributed by atoms with Crippen LogP contribution in [0.1, 0.15) is 19.8 Å². The van der Waals surface area contributed by atoms with E-state index in [-0.39, 0.29) is 17.4 Å². The minimum Gasteiger partial charge on any atom is -0.493 e. The van der Waals surface area contributed by atoms with Crippen molar-refractivity contribution in [3.05, 3.63) is 48.5 Å². The second kappa shape index (κ2) is 9.28. The Bertz CT molecular complexity index is 936. The van der Waals surface area contributed by atoms with E-state index in [9.17, 15) is 13.2 Å². The first-order chi connectivity index (χ1) is 13.9. The predicted octanol–water partition coefficient (Wildman–Crippen LogP) is 3.13. The summed E-state index contributed by atoms with van der Waals surface area (Å²) in [6.45, 7) is 3.04. The number of nitrogens with one attached hydrogen (secondary N) is 1. The molecule has 156 valence electrons. The average molecular weight is 419 g/mol. The molecule has 1 fully saturated rings. The number of carbonyl (C=O) groups is 1. The highest BCUT2D eigenvalue weighted by molar-refractivity contribution is 7.89. The Morgan fingerprint density at radius 2 is 1.69 bits per heavy atom. The summed E-state index contributed by atoms with van der Waals surface area (Å²) in [4.78, 5) is 12.4. The number of benzene rings is 2. The number of rotatable bonds is 7. The third kappa shape index (κ3) is 5.27. The topological polar surface area (TPSA) is 84.9 Å². The fourth-order valence-electron chi connectivity index (χ4n) is 3.16. The van der Waals surface area contributed by atoms with Gasteiger partial charge >= 0.3 is 0 Å². The normalized spacial score (nSPS) is 15.7. The number of anilines is 1. The van der Waals surface area contributed by atoms with Gasteiger partial charge in [0.25, 0.3) is 5.91 Å². The van der Waals surface area contributed by atoms with E-state index in [2.05, 4.69) is 12.2 Å². The Labute approximate surface area is 171 Å². The summed E-state index contributed by atoms with van der Waals surface area (Å²) in [5.74, 6) is 1.22. The number of ether oxygens (including phenoxy) is 2. The van der Waals surface area contributed by atoms with E-state index in [1.165, 1.54) is 23.5 Å². The fourth-order valence-corrected chi connectivity index (χ4v) is 4.63. The molecule has 3 rings (SSSR count). The number of methoxy groups -OCH3 is 1. The van der Waals surface area contributed by atoms with Crippen LogP contribution in [0.5, 0.6) is 11.5 Å². The summed E-state index contributed by atoms with van der Waals surface area (Å²) in [6.07, 6.45) is 1.75. The van der Waals surface area contributed by atoms with Crippen molar-refractivity contribution in [1.29, 1.82) is 0 Å². The summed E-state index contributed by atoms with van der Waals surface area (Å²) in [6, 6.07) is 13.3. The number of piperidine rings is 1. The monoisotopic (exact) mass is 418 g/mol. The molecule has 2 aromatic carbocycles. The van der Waals surface area contributed by atoms with Gasteiger partial charge in [0.2, 0.25) is 10.0 Å². The SMILES string of the molecule is COc1ccccc1OCC(=O)Nc1ccc(S(=O)(=O)N2CCC(C)CC2)cc1. The van der Waals surface area contributed by atoms with Gasteiger partial charge in [-0.2, -0.15) is 4.31 Å². The average Bonchev–Trinajstić information content (AvgIpc) is 2.73. The summed E-state index contributed by atoms with van der Waals surface area (Å²) in [5.41, 5.74) is 0.504. The van der Waals surface area contributed by atoms with Gasteiger partial charge in [-0.15, -0.1) is 0 Å². The lowest BCUT2D eigenvalue weighted by Gasteiger charge is -2.29. The van der Waals surface area contributed by atoms with Crippen molar-refractivity contribution in [2.24, 2.45) is 5.92 Å². The van der Waals surface area contributed by atoms with E-state index in [0.29, 0.717) is 36.2 Å². The van der Waals surface area contributed by atoms with Gasteiger partial charge in [0.05, 0.1) is 12.0 Å². The molecule has 1 aliphatic rings. The molecule has 8 heteroatoms. The Morgan fingerprint density at radius 3 is 2.31 bits per heavy atom. The van der Waals surface area contributed by atoms with E-state index in [4.69, 9.17) is 9.47 Å². The van der Waals surface area contributed by atoms with Crippen molar-refractivity contribution in [1.82, 2.24) is 4.31 Å². The number of nitrogens with zero attached hydrogens (tertiary/aromatic N) is 1. The van der Waals surface area contributed by atoms with Crippen LogP contribution in [-0.4, -0.2) is 45.4 Å². The number of hydrogen-bond acceptors (Lipinski definition) is 5. The first kappa shape index (κ1) is 21.1. The van der Waals surface area contributed by atoms with Crippen LogP contribution >= 0.6 is 0 Å². The highest BCUT2D eigenvalue weighted by atomic mass is 32.2. The molecular formula is C21H26N2O5S. The molecule has 0 radical (unpaired) electrons. The smallest absolute Gasteiger partial charge is 0.262 e. The molecule has 1 amide bonds. The molecule has 0 aromatic heterocycles. The zero-order chi connectivity index (χ0) is 20.9. The van der Waals surface area contributed by atoms with E-state index in [1.54, 1.807) is 30.3 Å². The molecule has 0 saturated carbocycles. The molecule has 0 aliphatic carbocycles. The van der Waals surface area contributed by atoms with Crippen molar-refractivity contribution in [3.8, 4) is 11.5 Å². The number of sulfonamides is 1. The van der Waals surface area contributed by atoms with Crippen LogP contribution in [0.3, 0.4) is 0 Å². The molecule has 1 N–H and O–H groups in total. The summed E-state index contributed by atoms with van der Waals surface area (Å²) >= 11 is 0. The Balaban J connectivity index is 1.58. The van der Waals surface area contributed by atoms with Crippen LogP contribution in [0.15, 0.2) is 53.4 Å². The molecule has 0 spiro atoms. The fraction of sp³-hybridized carbons (Fsp3) is 0.381. The maximum atomic E-state index is 12.8. The van der Waals surface area contributed by atoms with E-state index < -0.39 is 10.0 Å². The third-order valence-corrected chi connectivity index (χ3v) is 6.86. The molecule has 7 nitrogen and oxygen atoms in total. The summed E-state index contributed by atoms with van der Waals surface area (Å²) in [5, 5.41) is 2.70. The minimum absolute atomic E-state index is 0.188. The molecular weight excluding hydrogens is 392 g/mol. The zero-order valence-corrected chi connectivity index (χ0v) is 17.4. The van der Waals surface area contributed by atoms with Gasteiger partial charge in [0.15, 0.2) is 18.1 Å². The van der Waals surface area contributed by atoms with Gasteiger partial charge in [-0.3, -0.25) is 4.79 Å². The third-order valence-electron chi connectivity index (χ3n) is 4.95. The molecule has 2 aromatic rings. The van der Waals surface area contributed by atoms with Crippen LogP contribution in [0.2, 0.25) is 0 Å². The van der Waals surface area contributed by atoms with E-state index in [1.807, 2.05) is 6.07 Å². The second-order valence-corrected chi connectivity index (χ2v) is 9.04. The van der Waals surface area contributed by atoms with Gasteiger partial charge in [-0.25, -0.2) is 8.42 Å². The molecule has 1 heterocycles. The van der Waals surface area contributed by atoms with Crippen molar-refractivity contribution in [2.75, 3.05) is 32.1 Å². The number of amides is 1. The lowest BCUT2D eigenvalue weighted by molar-refractivity contribution is -0.118. The first-order valence-corrected chi connectivity index (χ1v) is 11.0. The van der Waals surface area contributed by atoms with Gasteiger partial charge < -0.3 is 14.8 Å². The number of carbonyl (C=O) groups excluding carboxylic acids is 1. The quantitative estimate of drug-likeness (QED) is 0.747. The summed E-state index contributed by atoms with van der Waals surface area (Å²) < 4.78 is 37.7. The van der Waals surface area contributed by atoms with E-state index >= 15 is 0 Å². The van der Waals surface area contributed by atoms with Gasteiger partial charge in [-0.05, 0) is 55.2 Å². The highest BCUT2D eigenvalue weighted by Crippen LogP contribution is 2.26. The Morgan fingerprint density at radius 1 is 1.07 bits per heavy atom. The van der Waals surface area contributed by atoms with E-state index in [0.717, 1.165) is 12.8 Å². The molecule has 1 saturated heterocycles. The predicted molar refractivity (Wildman–Crippen MR) is 111 cm³/mol. The summed E-state index contributed by atoms with van der Waals surface area (Å²) in [7, 11) is -1.97. The van der Waals surface area contributed by atoms with Crippen LogP contribution in [0, 0.1) is 5.92 Å². The molecule has 1 aliphatic heterocycles. The number of para-hydroxylation sites is 2. The van der Waals surface area contributed by atoms with Crippen molar-refractivity contribution >= 4 is 21.6 Å². The van der Waals surface area contributed by atoms with Crippen LogP contribution in [0.25, 0.3) is 0 Å². The van der Waals surface area contributed by atoms with Crippen molar-refractivity contribution in [2.45, 2.75) is 24.7 Å². The maximum Gasteiger partial charge on any atom is 0.262 e.